The van der Waals surface area contributed by atoms with Crippen LogP contribution in [0.3, 0.4) is 0 Å². The van der Waals surface area contributed by atoms with Gasteiger partial charge in [0, 0.05) is 11.9 Å². The Morgan fingerprint density at radius 1 is 1.33 bits per heavy atom. The standard InChI is InChI=1S/C11H17N.C3H8/c1-5-6-12-11-9(3)7-8(2)10(11)4;1-3-2/h5-6,8-9H,4,7H2,1-3H3;3H2,1-2H3/b6-5-,12-11?;. The highest BCUT2D eigenvalue weighted by Crippen LogP contribution is 2.31. The van der Waals surface area contributed by atoms with E-state index in [1.54, 1.807) is 0 Å². The van der Waals surface area contributed by atoms with E-state index in [2.05, 4.69) is 39.3 Å². The van der Waals surface area contributed by atoms with Gasteiger partial charge in [0.2, 0.25) is 0 Å². The third kappa shape index (κ3) is 4.46. The van der Waals surface area contributed by atoms with Crippen molar-refractivity contribution in [2.24, 2.45) is 16.8 Å². The second kappa shape index (κ2) is 7.44. The lowest BCUT2D eigenvalue weighted by atomic mass is 10.1. The second-order valence-electron chi connectivity index (χ2n) is 4.27. The molecule has 1 aliphatic carbocycles. The lowest BCUT2D eigenvalue weighted by molar-refractivity contribution is 0.609. The van der Waals surface area contributed by atoms with Crippen LogP contribution in [-0.2, 0) is 0 Å². The molecule has 1 heteroatoms. The van der Waals surface area contributed by atoms with Crippen molar-refractivity contribution in [1.29, 1.82) is 0 Å². The summed E-state index contributed by atoms with van der Waals surface area (Å²) in [5.74, 6) is 1.20. The first-order valence-corrected chi connectivity index (χ1v) is 5.96. The van der Waals surface area contributed by atoms with Crippen LogP contribution in [0.15, 0.2) is 29.4 Å². The lowest BCUT2D eigenvalue weighted by Gasteiger charge is -2.01. The van der Waals surface area contributed by atoms with Crippen LogP contribution in [0.4, 0.5) is 0 Å². The van der Waals surface area contributed by atoms with E-state index in [4.69, 9.17) is 0 Å². The van der Waals surface area contributed by atoms with Gasteiger partial charge in [0.15, 0.2) is 0 Å². The fraction of sp³-hybridized carbons (Fsp3) is 0.643. The summed E-state index contributed by atoms with van der Waals surface area (Å²) in [4.78, 5) is 4.39. The normalized spacial score (nSPS) is 28.3. The Balaban J connectivity index is 0.000000583. The zero-order valence-electron chi connectivity index (χ0n) is 10.9. The third-order valence-electron chi connectivity index (χ3n) is 2.46. The maximum atomic E-state index is 4.39. The van der Waals surface area contributed by atoms with Crippen LogP contribution in [0.5, 0.6) is 0 Å². The number of hydrogen-bond donors (Lipinski definition) is 0. The van der Waals surface area contributed by atoms with Gasteiger partial charge in [0.05, 0.1) is 0 Å². The topological polar surface area (TPSA) is 12.4 Å². The molecule has 0 saturated heterocycles. The van der Waals surface area contributed by atoms with E-state index in [0.29, 0.717) is 11.8 Å². The van der Waals surface area contributed by atoms with Crippen molar-refractivity contribution in [1.82, 2.24) is 0 Å². The molecule has 0 radical (unpaired) electrons. The molecule has 86 valence electrons. The van der Waals surface area contributed by atoms with Gasteiger partial charge in [-0.25, -0.2) is 0 Å². The molecule has 1 rings (SSSR count). The van der Waals surface area contributed by atoms with Gasteiger partial charge in [-0.1, -0.05) is 46.8 Å². The molecule has 0 N–H and O–H groups in total. The van der Waals surface area contributed by atoms with Gasteiger partial charge in [0.1, 0.15) is 0 Å². The van der Waals surface area contributed by atoms with Gasteiger partial charge in [-0.05, 0) is 30.8 Å². The monoisotopic (exact) mass is 207 g/mol. The average Bonchev–Trinajstić information content (AvgIpc) is 2.41. The minimum atomic E-state index is 0.587. The predicted molar refractivity (Wildman–Crippen MR) is 70.3 cm³/mol. The first-order valence-electron chi connectivity index (χ1n) is 5.96. The Hall–Kier alpha value is -0.850. The molecule has 0 heterocycles. The Morgan fingerprint density at radius 2 is 1.87 bits per heavy atom. The van der Waals surface area contributed by atoms with Crippen LogP contribution < -0.4 is 0 Å². The van der Waals surface area contributed by atoms with Crippen LogP contribution in [0, 0.1) is 11.8 Å². The Labute approximate surface area is 95.0 Å². The Bertz CT molecular complexity index is 248. The largest absolute Gasteiger partial charge is 0.261 e. The zero-order chi connectivity index (χ0) is 11.8. The molecule has 0 spiro atoms. The predicted octanol–water partition coefficient (Wildman–Crippen LogP) is 4.61. The number of aliphatic imine (C=N–C) groups is 1. The highest BCUT2D eigenvalue weighted by Gasteiger charge is 2.27. The van der Waals surface area contributed by atoms with Crippen LogP contribution in [0.1, 0.15) is 47.5 Å². The lowest BCUT2D eigenvalue weighted by Crippen LogP contribution is -2.02. The van der Waals surface area contributed by atoms with E-state index in [1.807, 2.05) is 19.2 Å². The fourth-order valence-electron chi connectivity index (χ4n) is 1.72. The molecule has 0 amide bonds. The molecular formula is C14H25N. The molecule has 1 saturated carbocycles. The third-order valence-corrected chi connectivity index (χ3v) is 2.46. The van der Waals surface area contributed by atoms with E-state index in [9.17, 15) is 0 Å². The van der Waals surface area contributed by atoms with Crippen molar-refractivity contribution in [2.45, 2.75) is 47.5 Å². The maximum Gasteiger partial charge on any atom is 0.0460 e. The van der Waals surface area contributed by atoms with Crippen molar-refractivity contribution < 1.29 is 0 Å². The molecule has 1 aliphatic rings. The molecule has 0 aromatic carbocycles. The van der Waals surface area contributed by atoms with E-state index in [1.165, 1.54) is 24.1 Å². The molecule has 0 aromatic heterocycles. The summed E-state index contributed by atoms with van der Waals surface area (Å²) in [6.07, 6.45) is 6.26. The number of hydrogen-bond acceptors (Lipinski definition) is 1. The second-order valence-corrected chi connectivity index (χ2v) is 4.27. The van der Waals surface area contributed by atoms with Crippen molar-refractivity contribution in [3.05, 3.63) is 24.4 Å². The summed E-state index contributed by atoms with van der Waals surface area (Å²) in [7, 11) is 0. The Kier molecular flexibility index (Phi) is 7.02. The summed E-state index contributed by atoms with van der Waals surface area (Å²) >= 11 is 0. The molecule has 2 unspecified atom stereocenters. The van der Waals surface area contributed by atoms with Crippen LogP contribution in [0.2, 0.25) is 0 Å². The van der Waals surface area contributed by atoms with E-state index < -0.39 is 0 Å². The fourth-order valence-corrected chi connectivity index (χ4v) is 1.72. The minimum Gasteiger partial charge on any atom is -0.261 e. The van der Waals surface area contributed by atoms with Crippen molar-refractivity contribution in [3.8, 4) is 0 Å². The first-order chi connectivity index (χ1) is 7.08. The number of nitrogens with zero attached hydrogens (tertiary/aromatic N) is 1. The summed E-state index contributed by atoms with van der Waals surface area (Å²) in [5.41, 5.74) is 2.42. The highest BCUT2D eigenvalue weighted by atomic mass is 14.7. The summed E-state index contributed by atoms with van der Waals surface area (Å²) in [5, 5.41) is 0. The average molecular weight is 207 g/mol. The van der Waals surface area contributed by atoms with Crippen molar-refractivity contribution >= 4 is 5.71 Å². The molecule has 0 bridgehead atoms. The smallest absolute Gasteiger partial charge is 0.0460 e. The maximum absolute atomic E-state index is 4.39. The molecular weight excluding hydrogens is 182 g/mol. The van der Waals surface area contributed by atoms with Crippen molar-refractivity contribution in [2.75, 3.05) is 0 Å². The SMILES string of the molecule is C=C1C(=N/C=C\C)C(C)CC1C.CCC. The van der Waals surface area contributed by atoms with Gasteiger partial charge in [0.25, 0.3) is 0 Å². The van der Waals surface area contributed by atoms with E-state index >= 15 is 0 Å². The molecule has 0 aromatic rings. The Morgan fingerprint density at radius 3 is 2.20 bits per heavy atom. The van der Waals surface area contributed by atoms with E-state index in [-0.39, 0.29) is 0 Å². The number of allylic oxidation sites excluding steroid dienone is 2. The first kappa shape index (κ1) is 14.2. The minimum absolute atomic E-state index is 0.587. The van der Waals surface area contributed by atoms with Crippen LogP contribution in [-0.4, -0.2) is 5.71 Å². The molecule has 0 aliphatic heterocycles. The quantitative estimate of drug-likeness (QED) is 0.595. The molecule has 1 fully saturated rings. The van der Waals surface area contributed by atoms with E-state index in [0.717, 1.165) is 0 Å². The summed E-state index contributed by atoms with van der Waals surface area (Å²) in [6, 6.07) is 0. The van der Waals surface area contributed by atoms with Crippen LogP contribution in [0.25, 0.3) is 0 Å². The highest BCUT2D eigenvalue weighted by molar-refractivity contribution is 6.03. The summed E-state index contributed by atoms with van der Waals surface area (Å²) < 4.78 is 0. The van der Waals surface area contributed by atoms with Gasteiger partial charge in [-0.15, -0.1) is 0 Å². The zero-order valence-corrected chi connectivity index (χ0v) is 10.9. The van der Waals surface area contributed by atoms with Crippen LogP contribution >= 0.6 is 0 Å². The molecule has 1 nitrogen and oxygen atoms in total. The molecule has 15 heavy (non-hydrogen) atoms. The molecule has 2 atom stereocenters. The summed E-state index contributed by atoms with van der Waals surface area (Å²) in [6.45, 7) is 14.7. The van der Waals surface area contributed by atoms with Gasteiger partial charge in [-0.3, -0.25) is 4.99 Å². The van der Waals surface area contributed by atoms with Gasteiger partial charge < -0.3 is 0 Å². The van der Waals surface area contributed by atoms with Gasteiger partial charge in [-0.2, -0.15) is 0 Å². The van der Waals surface area contributed by atoms with Gasteiger partial charge >= 0.3 is 0 Å². The van der Waals surface area contributed by atoms with Crippen molar-refractivity contribution in [3.63, 3.8) is 0 Å². The number of rotatable bonds is 1.